The Morgan fingerprint density at radius 3 is 2.75 bits per heavy atom. The minimum atomic E-state index is -3.42. The first-order valence-electron chi connectivity index (χ1n) is 7.21. The Labute approximate surface area is 149 Å². The molecule has 0 radical (unpaired) electrons. The molecule has 2 heterocycles. The Balaban J connectivity index is 1.65. The number of hydrogen-bond acceptors (Lipinski definition) is 6. The highest BCUT2D eigenvalue weighted by Gasteiger charge is 2.15. The highest BCUT2D eigenvalue weighted by molar-refractivity contribution is 7.91. The summed E-state index contributed by atoms with van der Waals surface area (Å²) < 4.78 is 32.4. The maximum absolute atomic E-state index is 12.1. The fourth-order valence-electron chi connectivity index (χ4n) is 2.17. The third-order valence-corrected chi connectivity index (χ3v) is 7.11. The maximum atomic E-state index is 12.1. The molecule has 0 fully saturated rings. The van der Waals surface area contributed by atoms with Crippen molar-refractivity contribution in [3.8, 4) is 16.3 Å². The number of ether oxygens (including phenoxy) is 1. The lowest BCUT2D eigenvalue weighted by Gasteiger charge is -2.05. The molecule has 0 atom stereocenters. The summed E-state index contributed by atoms with van der Waals surface area (Å²) in [6, 6.07) is 11.0. The van der Waals surface area contributed by atoms with E-state index in [1.807, 2.05) is 29.6 Å². The SMILES string of the molecule is COc1ccccc1-c1nc(CCNS(=O)(=O)c2cccs2)cs1. The number of aromatic nitrogens is 1. The van der Waals surface area contributed by atoms with Gasteiger partial charge in [-0.1, -0.05) is 18.2 Å². The van der Waals surface area contributed by atoms with Crippen LogP contribution >= 0.6 is 22.7 Å². The lowest BCUT2D eigenvalue weighted by Crippen LogP contribution is -2.25. The van der Waals surface area contributed by atoms with E-state index in [1.54, 1.807) is 24.6 Å². The van der Waals surface area contributed by atoms with Crippen molar-refractivity contribution >= 4 is 32.7 Å². The molecular weight excluding hydrogens is 364 g/mol. The summed E-state index contributed by atoms with van der Waals surface area (Å²) in [4.78, 5) is 4.58. The number of thiophene rings is 1. The smallest absolute Gasteiger partial charge is 0.250 e. The summed E-state index contributed by atoms with van der Waals surface area (Å²) in [5.41, 5.74) is 1.80. The first-order chi connectivity index (χ1) is 11.6. The molecule has 3 rings (SSSR count). The Bertz CT molecular complexity index is 902. The summed E-state index contributed by atoms with van der Waals surface area (Å²) in [5, 5.41) is 4.55. The van der Waals surface area contributed by atoms with Crippen LogP contribution in [0.4, 0.5) is 0 Å². The summed E-state index contributed by atoms with van der Waals surface area (Å²) in [6.45, 7) is 0.315. The van der Waals surface area contributed by atoms with Crippen molar-refractivity contribution in [1.29, 1.82) is 0 Å². The first kappa shape index (κ1) is 17.1. The second-order valence-corrected chi connectivity index (χ2v) is 8.72. The van der Waals surface area contributed by atoms with Crippen LogP contribution in [0.15, 0.2) is 51.4 Å². The average Bonchev–Trinajstić information content (AvgIpc) is 3.27. The molecule has 5 nitrogen and oxygen atoms in total. The number of nitrogens with one attached hydrogen (secondary N) is 1. The minimum Gasteiger partial charge on any atom is -0.496 e. The number of rotatable bonds is 7. The molecule has 0 unspecified atom stereocenters. The predicted octanol–water partition coefficient (Wildman–Crippen LogP) is 3.40. The Hall–Kier alpha value is -1.74. The van der Waals surface area contributed by atoms with E-state index in [-0.39, 0.29) is 0 Å². The first-order valence-corrected chi connectivity index (χ1v) is 10.5. The second-order valence-electron chi connectivity index (χ2n) is 4.92. The van der Waals surface area contributed by atoms with Crippen LogP contribution in [0.25, 0.3) is 10.6 Å². The van der Waals surface area contributed by atoms with E-state index in [0.29, 0.717) is 17.2 Å². The third-order valence-electron chi connectivity index (χ3n) is 3.32. The number of para-hydroxylation sites is 1. The molecular formula is C16H16N2O3S3. The quantitative estimate of drug-likeness (QED) is 0.682. The van der Waals surface area contributed by atoms with Crippen molar-refractivity contribution in [1.82, 2.24) is 9.71 Å². The molecule has 0 saturated heterocycles. The van der Waals surface area contributed by atoms with E-state index in [9.17, 15) is 8.42 Å². The van der Waals surface area contributed by atoms with Crippen LogP contribution in [0.2, 0.25) is 0 Å². The zero-order chi connectivity index (χ0) is 17.0. The number of benzene rings is 1. The monoisotopic (exact) mass is 380 g/mol. The standard InChI is InChI=1S/C16H16N2O3S3/c1-21-14-6-3-2-5-13(14)16-18-12(11-23-16)8-9-17-24(19,20)15-7-4-10-22-15/h2-7,10-11,17H,8-9H2,1H3. The molecule has 2 aromatic heterocycles. The number of hydrogen-bond donors (Lipinski definition) is 1. The molecule has 0 spiro atoms. The fourth-order valence-corrected chi connectivity index (χ4v) is 5.12. The average molecular weight is 381 g/mol. The molecule has 24 heavy (non-hydrogen) atoms. The number of thiazole rings is 1. The molecule has 0 saturated carbocycles. The van der Waals surface area contributed by atoms with E-state index in [2.05, 4.69) is 9.71 Å². The third kappa shape index (κ3) is 3.84. The normalized spacial score (nSPS) is 11.5. The Morgan fingerprint density at radius 1 is 1.17 bits per heavy atom. The molecule has 0 aliphatic rings. The van der Waals surface area contributed by atoms with Crippen LogP contribution in [0.3, 0.4) is 0 Å². The number of methoxy groups -OCH3 is 1. The Morgan fingerprint density at radius 2 is 2.00 bits per heavy atom. The van der Waals surface area contributed by atoms with Crippen LogP contribution in [-0.4, -0.2) is 27.1 Å². The minimum absolute atomic E-state index is 0.315. The van der Waals surface area contributed by atoms with Gasteiger partial charge in [-0.2, -0.15) is 0 Å². The second kappa shape index (κ2) is 7.43. The summed E-state index contributed by atoms with van der Waals surface area (Å²) >= 11 is 2.73. The van der Waals surface area contributed by atoms with E-state index in [4.69, 9.17) is 4.74 Å². The molecule has 1 aromatic carbocycles. The van der Waals surface area contributed by atoms with Gasteiger partial charge in [0.05, 0.1) is 18.4 Å². The molecule has 126 valence electrons. The van der Waals surface area contributed by atoms with Crippen molar-refractivity contribution in [3.63, 3.8) is 0 Å². The van der Waals surface area contributed by atoms with Crippen LogP contribution in [-0.2, 0) is 16.4 Å². The van der Waals surface area contributed by atoms with Crippen LogP contribution in [0.5, 0.6) is 5.75 Å². The molecule has 8 heteroatoms. The zero-order valence-electron chi connectivity index (χ0n) is 12.9. The highest BCUT2D eigenvalue weighted by atomic mass is 32.2. The van der Waals surface area contributed by atoms with Gasteiger partial charge in [0.2, 0.25) is 10.0 Å². The molecule has 0 bridgehead atoms. The summed E-state index contributed by atoms with van der Waals surface area (Å²) in [7, 11) is -1.79. The van der Waals surface area contributed by atoms with Gasteiger partial charge >= 0.3 is 0 Å². The van der Waals surface area contributed by atoms with E-state index in [0.717, 1.165) is 22.0 Å². The van der Waals surface area contributed by atoms with E-state index in [1.165, 1.54) is 22.7 Å². The summed E-state index contributed by atoms with van der Waals surface area (Å²) in [6.07, 6.45) is 0.538. The van der Waals surface area contributed by atoms with Gasteiger partial charge in [-0.3, -0.25) is 0 Å². The van der Waals surface area contributed by atoms with Crippen molar-refractivity contribution in [2.24, 2.45) is 0 Å². The Kier molecular flexibility index (Phi) is 5.30. The molecule has 0 aliphatic heterocycles. The molecule has 1 N–H and O–H groups in total. The maximum Gasteiger partial charge on any atom is 0.250 e. The van der Waals surface area contributed by atoms with Crippen LogP contribution in [0, 0.1) is 0 Å². The van der Waals surface area contributed by atoms with Crippen LogP contribution < -0.4 is 9.46 Å². The van der Waals surface area contributed by atoms with Gasteiger partial charge < -0.3 is 4.74 Å². The van der Waals surface area contributed by atoms with Crippen LogP contribution in [0.1, 0.15) is 5.69 Å². The molecule has 3 aromatic rings. The number of nitrogens with zero attached hydrogens (tertiary/aromatic N) is 1. The molecule has 0 aliphatic carbocycles. The van der Waals surface area contributed by atoms with Crippen molar-refractivity contribution in [2.75, 3.05) is 13.7 Å². The van der Waals surface area contributed by atoms with Gasteiger partial charge in [0.15, 0.2) is 0 Å². The van der Waals surface area contributed by atoms with E-state index < -0.39 is 10.0 Å². The van der Waals surface area contributed by atoms with E-state index >= 15 is 0 Å². The summed E-state index contributed by atoms with van der Waals surface area (Å²) in [5.74, 6) is 0.775. The largest absolute Gasteiger partial charge is 0.496 e. The zero-order valence-corrected chi connectivity index (χ0v) is 15.4. The van der Waals surface area contributed by atoms with Crippen molar-refractivity contribution in [2.45, 2.75) is 10.6 Å². The predicted molar refractivity (Wildman–Crippen MR) is 97.3 cm³/mol. The lowest BCUT2D eigenvalue weighted by atomic mass is 10.2. The van der Waals surface area contributed by atoms with Gasteiger partial charge in [0.25, 0.3) is 0 Å². The highest BCUT2D eigenvalue weighted by Crippen LogP contribution is 2.31. The number of sulfonamides is 1. The van der Waals surface area contributed by atoms with Crippen molar-refractivity contribution in [3.05, 3.63) is 52.9 Å². The van der Waals surface area contributed by atoms with Gasteiger partial charge in [0, 0.05) is 18.3 Å². The van der Waals surface area contributed by atoms with Gasteiger partial charge in [-0.25, -0.2) is 18.1 Å². The molecule has 0 amide bonds. The van der Waals surface area contributed by atoms with Gasteiger partial charge in [0.1, 0.15) is 15.0 Å². The lowest BCUT2D eigenvalue weighted by molar-refractivity contribution is 0.416. The fraction of sp³-hybridized carbons (Fsp3) is 0.188. The topological polar surface area (TPSA) is 68.3 Å². The van der Waals surface area contributed by atoms with Gasteiger partial charge in [-0.05, 0) is 23.6 Å². The van der Waals surface area contributed by atoms with Crippen molar-refractivity contribution < 1.29 is 13.2 Å². The van der Waals surface area contributed by atoms with Gasteiger partial charge in [-0.15, -0.1) is 22.7 Å².